The quantitative estimate of drug-likeness (QED) is 0.739. The number of rotatable bonds is 4. The van der Waals surface area contributed by atoms with Crippen LogP contribution in [0.2, 0.25) is 0 Å². The highest BCUT2D eigenvalue weighted by Crippen LogP contribution is 2.24. The molecule has 0 aromatic carbocycles. The summed E-state index contributed by atoms with van der Waals surface area (Å²) in [6.07, 6.45) is 3.68. The molecule has 2 fully saturated rings. The maximum atomic E-state index is 12.5. The fourth-order valence-electron chi connectivity index (χ4n) is 2.92. The highest BCUT2D eigenvalue weighted by molar-refractivity contribution is 5.95. The molecule has 0 N–H and O–H groups in total. The van der Waals surface area contributed by atoms with Crippen LogP contribution < -0.4 is 0 Å². The van der Waals surface area contributed by atoms with Gasteiger partial charge in [-0.15, -0.1) is 0 Å². The van der Waals surface area contributed by atoms with Crippen molar-refractivity contribution in [2.24, 2.45) is 0 Å². The van der Waals surface area contributed by atoms with E-state index in [1.165, 1.54) is 0 Å². The molecule has 102 valence electrons. The molecular formula is C13H22N2O3. The minimum Gasteiger partial charge on any atom is -0.383 e. The maximum Gasteiger partial charge on any atom is 0.246 e. The topological polar surface area (TPSA) is 49.9 Å². The van der Waals surface area contributed by atoms with Gasteiger partial charge in [-0.1, -0.05) is 6.92 Å². The summed E-state index contributed by atoms with van der Waals surface area (Å²) in [5, 5.41) is 0. The molecule has 0 aromatic heterocycles. The molecule has 5 nitrogen and oxygen atoms in total. The number of ether oxygens (including phenoxy) is 1. The van der Waals surface area contributed by atoms with Crippen molar-refractivity contribution in [3.05, 3.63) is 0 Å². The minimum absolute atomic E-state index is 0.0236. The zero-order valence-electron chi connectivity index (χ0n) is 11.2. The molecule has 2 aliphatic heterocycles. The Morgan fingerprint density at radius 2 is 2.17 bits per heavy atom. The van der Waals surface area contributed by atoms with Gasteiger partial charge >= 0.3 is 0 Å². The fraction of sp³-hybridized carbons (Fsp3) is 0.846. The van der Waals surface area contributed by atoms with E-state index in [9.17, 15) is 9.59 Å². The molecular weight excluding hydrogens is 232 g/mol. The van der Waals surface area contributed by atoms with E-state index in [0.29, 0.717) is 6.61 Å². The lowest BCUT2D eigenvalue weighted by Gasteiger charge is -2.45. The van der Waals surface area contributed by atoms with Gasteiger partial charge in [0.25, 0.3) is 0 Å². The molecule has 0 aliphatic carbocycles. The zero-order chi connectivity index (χ0) is 13.1. The predicted octanol–water partition coefficient (Wildman–Crippen LogP) is 0.635. The summed E-state index contributed by atoms with van der Waals surface area (Å²) in [4.78, 5) is 28.0. The molecule has 0 saturated carbocycles. The molecule has 0 bridgehead atoms. The third-order valence-corrected chi connectivity index (χ3v) is 3.97. The first-order valence-corrected chi connectivity index (χ1v) is 6.78. The monoisotopic (exact) mass is 254 g/mol. The van der Waals surface area contributed by atoms with E-state index in [4.69, 9.17) is 4.74 Å². The van der Waals surface area contributed by atoms with Crippen LogP contribution in [0.15, 0.2) is 0 Å². The van der Waals surface area contributed by atoms with Crippen molar-refractivity contribution < 1.29 is 14.3 Å². The predicted molar refractivity (Wildman–Crippen MR) is 67.0 cm³/mol. The Bertz CT molecular complexity index is 332. The second-order valence-electron chi connectivity index (χ2n) is 5.08. The average molecular weight is 254 g/mol. The molecule has 2 saturated heterocycles. The van der Waals surface area contributed by atoms with Crippen LogP contribution >= 0.6 is 0 Å². The van der Waals surface area contributed by atoms with Gasteiger partial charge in [-0.05, 0) is 25.7 Å². The number of methoxy groups -OCH3 is 1. The van der Waals surface area contributed by atoms with Crippen molar-refractivity contribution in [1.29, 1.82) is 0 Å². The summed E-state index contributed by atoms with van der Waals surface area (Å²) in [7, 11) is 1.63. The van der Waals surface area contributed by atoms with Gasteiger partial charge < -0.3 is 14.5 Å². The van der Waals surface area contributed by atoms with Crippen LogP contribution in [0, 0.1) is 0 Å². The van der Waals surface area contributed by atoms with E-state index in [0.717, 1.165) is 32.2 Å². The molecule has 18 heavy (non-hydrogen) atoms. The van der Waals surface area contributed by atoms with Gasteiger partial charge in [0.15, 0.2) is 0 Å². The molecule has 0 spiro atoms. The average Bonchev–Trinajstić information content (AvgIpc) is 2.40. The van der Waals surface area contributed by atoms with Gasteiger partial charge in [0.2, 0.25) is 11.8 Å². The Kier molecular flexibility index (Phi) is 4.22. The fourth-order valence-corrected chi connectivity index (χ4v) is 2.92. The lowest BCUT2D eigenvalue weighted by Crippen LogP contribution is -2.63. The minimum atomic E-state index is -0.217. The second-order valence-corrected chi connectivity index (χ2v) is 5.08. The van der Waals surface area contributed by atoms with Gasteiger partial charge in [0.1, 0.15) is 12.6 Å². The van der Waals surface area contributed by atoms with E-state index >= 15 is 0 Å². The van der Waals surface area contributed by atoms with Crippen LogP contribution in [0.25, 0.3) is 0 Å². The van der Waals surface area contributed by atoms with Crippen LogP contribution in [-0.2, 0) is 14.3 Å². The van der Waals surface area contributed by atoms with Crippen molar-refractivity contribution in [3.63, 3.8) is 0 Å². The number of carbonyl (C=O) groups excluding carboxylic acids is 2. The van der Waals surface area contributed by atoms with Gasteiger partial charge in [-0.2, -0.15) is 0 Å². The number of amides is 2. The van der Waals surface area contributed by atoms with Gasteiger partial charge in [0.05, 0.1) is 12.6 Å². The standard InChI is InChI=1S/C13H22N2O3/c1-3-10(9-18-2)15-8-12(16)14-7-5-4-6-11(14)13(15)17/h10-11H,3-9H2,1-2H3. The summed E-state index contributed by atoms with van der Waals surface area (Å²) in [5.74, 6) is 0.201. The third-order valence-electron chi connectivity index (χ3n) is 3.97. The third kappa shape index (κ3) is 2.36. The second kappa shape index (κ2) is 5.69. The van der Waals surface area contributed by atoms with Crippen LogP contribution in [0.5, 0.6) is 0 Å². The van der Waals surface area contributed by atoms with E-state index in [1.807, 2.05) is 6.92 Å². The smallest absolute Gasteiger partial charge is 0.246 e. The van der Waals surface area contributed by atoms with Crippen molar-refractivity contribution in [1.82, 2.24) is 9.80 Å². The van der Waals surface area contributed by atoms with E-state index < -0.39 is 0 Å². The van der Waals surface area contributed by atoms with E-state index in [-0.39, 0.29) is 30.4 Å². The SMILES string of the molecule is CCC(COC)N1CC(=O)N2CCCCC2C1=O. The number of piperazine rings is 1. The largest absolute Gasteiger partial charge is 0.383 e. The summed E-state index contributed by atoms with van der Waals surface area (Å²) in [5.41, 5.74) is 0. The summed E-state index contributed by atoms with van der Waals surface area (Å²) in [6.45, 7) is 3.48. The first-order chi connectivity index (χ1) is 8.69. The molecule has 2 atom stereocenters. The summed E-state index contributed by atoms with van der Waals surface area (Å²) >= 11 is 0. The van der Waals surface area contributed by atoms with Crippen LogP contribution in [0.1, 0.15) is 32.6 Å². The lowest BCUT2D eigenvalue weighted by atomic mass is 9.97. The Labute approximate surface area is 108 Å². The Morgan fingerprint density at radius 3 is 2.83 bits per heavy atom. The first-order valence-electron chi connectivity index (χ1n) is 6.78. The molecule has 2 unspecified atom stereocenters. The maximum absolute atomic E-state index is 12.5. The van der Waals surface area contributed by atoms with Crippen LogP contribution in [-0.4, -0.2) is 60.5 Å². The lowest BCUT2D eigenvalue weighted by molar-refractivity contribution is -0.161. The van der Waals surface area contributed by atoms with Gasteiger partial charge in [-0.3, -0.25) is 9.59 Å². The number of fused-ring (bicyclic) bond motifs is 1. The van der Waals surface area contributed by atoms with Crippen LogP contribution in [0.4, 0.5) is 0 Å². The van der Waals surface area contributed by atoms with Gasteiger partial charge in [-0.25, -0.2) is 0 Å². The summed E-state index contributed by atoms with van der Waals surface area (Å²) in [6, 6.07) is -0.193. The van der Waals surface area contributed by atoms with Crippen molar-refractivity contribution in [3.8, 4) is 0 Å². The molecule has 2 rings (SSSR count). The normalized spacial score (nSPS) is 26.2. The zero-order valence-corrected chi connectivity index (χ0v) is 11.2. The highest BCUT2D eigenvalue weighted by Gasteiger charge is 2.42. The Hall–Kier alpha value is -1.10. The number of nitrogens with zero attached hydrogens (tertiary/aromatic N) is 2. The number of piperidine rings is 1. The highest BCUT2D eigenvalue weighted by atomic mass is 16.5. The molecule has 5 heteroatoms. The van der Waals surface area contributed by atoms with E-state index in [2.05, 4.69) is 0 Å². The molecule has 0 radical (unpaired) electrons. The van der Waals surface area contributed by atoms with Crippen molar-refractivity contribution >= 4 is 11.8 Å². The molecule has 2 aliphatic rings. The molecule has 0 aromatic rings. The summed E-state index contributed by atoms with van der Waals surface area (Å²) < 4.78 is 5.15. The number of hydrogen-bond donors (Lipinski definition) is 0. The van der Waals surface area contributed by atoms with E-state index in [1.54, 1.807) is 16.9 Å². The Balaban J connectivity index is 2.13. The number of carbonyl (C=O) groups is 2. The first kappa shape index (κ1) is 13.3. The Morgan fingerprint density at radius 1 is 1.39 bits per heavy atom. The van der Waals surface area contributed by atoms with Crippen molar-refractivity contribution in [2.75, 3.05) is 26.8 Å². The molecule has 2 amide bonds. The molecule has 2 heterocycles. The van der Waals surface area contributed by atoms with Crippen molar-refractivity contribution in [2.45, 2.75) is 44.7 Å². The number of hydrogen-bond acceptors (Lipinski definition) is 3. The van der Waals surface area contributed by atoms with Crippen LogP contribution in [0.3, 0.4) is 0 Å². The van der Waals surface area contributed by atoms with Gasteiger partial charge in [0, 0.05) is 13.7 Å².